The van der Waals surface area contributed by atoms with Crippen molar-refractivity contribution in [2.75, 3.05) is 0 Å². The molecule has 1 aliphatic carbocycles. The number of nitrogens with zero attached hydrogens (tertiary/aromatic N) is 1. The molecule has 0 saturated heterocycles. The van der Waals surface area contributed by atoms with Crippen LogP contribution in [0.1, 0.15) is 39.5 Å². The predicted octanol–water partition coefficient (Wildman–Crippen LogP) is 2.71. The smallest absolute Gasteiger partial charge is 0.0864 e. The lowest BCUT2D eigenvalue weighted by molar-refractivity contribution is 0.444. The van der Waals surface area contributed by atoms with Crippen LogP contribution in [-0.2, 0) is 0 Å². The third-order valence-electron chi connectivity index (χ3n) is 1.82. The van der Waals surface area contributed by atoms with E-state index in [1.807, 2.05) is 0 Å². The van der Waals surface area contributed by atoms with Crippen LogP contribution in [0.5, 0.6) is 0 Å². The molecule has 0 aromatic carbocycles. The Labute approximate surface area is 62.9 Å². The first kappa shape index (κ1) is 9.38. The monoisotopic (exact) mass is 140 g/mol. The van der Waals surface area contributed by atoms with Crippen LogP contribution < -0.4 is 0 Å². The molecule has 10 heavy (non-hydrogen) atoms. The molecule has 0 heterocycles. The molecule has 0 aromatic rings. The lowest BCUT2D eigenvalue weighted by atomic mass is 9.96. The van der Waals surface area contributed by atoms with Gasteiger partial charge in [0.2, 0.25) is 0 Å². The topological polar surface area (TPSA) is 36.2 Å². The highest BCUT2D eigenvalue weighted by Crippen LogP contribution is 2.19. The summed E-state index contributed by atoms with van der Waals surface area (Å²) in [6.07, 6.45) is 6.27. The first-order valence-corrected chi connectivity index (χ1v) is 3.55. The molecule has 1 saturated carbocycles. The first-order valence-electron chi connectivity index (χ1n) is 3.55. The Morgan fingerprint density at radius 2 is 1.80 bits per heavy atom. The highest BCUT2D eigenvalue weighted by molar-refractivity contribution is 5.36. The summed E-state index contributed by atoms with van der Waals surface area (Å²) in [5.41, 5.74) is 0. The van der Waals surface area contributed by atoms with Gasteiger partial charge in [-0.3, -0.25) is 0 Å². The van der Waals surface area contributed by atoms with Crippen molar-refractivity contribution in [2.24, 2.45) is 4.99 Å². The van der Waals surface area contributed by atoms with E-state index in [1.54, 1.807) is 0 Å². The van der Waals surface area contributed by atoms with Gasteiger partial charge in [0.1, 0.15) is 0 Å². The molecular weight excluding hydrogens is 124 g/mol. The molecular formula is C8H16N2. The van der Waals surface area contributed by atoms with Gasteiger partial charge in [-0.15, -0.1) is 0 Å². The van der Waals surface area contributed by atoms with Crippen LogP contribution in [0, 0.1) is 5.41 Å². The highest BCUT2D eigenvalue weighted by Gasteiger charge is 2.10. The molecule has 2 nitrogen and oxygen atoms in total. The summed E-state index contributed by atoms with van der Waals surface area (Å²) < 4.78 is 0. The maximum absolute atomic E-state index is 6.62. The van der Waals surface area contributed by atoms with Gasteiger partial charge in [0, 0.05) is 0 Å². The minimum Gasteiger partial charge on any atom is -0.242 e. The van der Waals surface area contributed by atoms with Crippen LogP contribution in [0.3, 0.4) is 0 Å². The second-order valence-electron chi connectivity index (χ2n) is 2.53. The summed E-state index contributed by atoms with van der Waals surface area (Å²) in [5.74, 6) is 0. The maximum atomic E-state index is 6.62. The van der Waals surface area contributed by atoms with Crippen LogP contribution in [-0.4, -0.2) is 12.1 Å². The van der Waals surface area contributed by atoms with Crippen molar-refractivity contribution >= 4 is 6.01 Å². The number of rotatable bonds is 1. The van der Waals surface area contributed by atoms with E-state index in [9.17, 15) is 0 Å². The fourth-order valence-corrected chi connectivity index (χ4v) is 1.30. The number of hydrogen-bond acceptors (Lipinski definition) is 2. The number of nitrogens with one attached hydrogen (secondary N) is 1. The molecule has 0 bridgehead atoms. The zero-order valence-electron chi connectivity index (χ0n) is 5.56. The van der Waals surface area contributed by atoms with E-state index in [0.29, 0.717) is 6.04 Å². The van der Waals surface area contributed by atoms with Gasteiger partial charge in [-0.05, 0) is 12.8 Å². The van der Waals surface area contributed by atoms with Gasteiger partial charge in [0.15, 0.2) is 0 Å². The van der Waals surface area contributed by atoms with Gasteiger partial charge < -0.3 is 0 Å². The van der Waals surface area contributed by atoms with Gasteiger partial charge in [-0.2, -0.15) is 0 Å². The van der Waals surface area contributed by atoms with E-state index in [1.165, 1.54) is 32.1 Å². The van der Waals surface area contributed by atoms with Gasteiger partial charge in [-0.1, -0.05) is 26.7 Å². The molecule has 1 N–H and O–H groups in total. The summed E-state index contributed by atoms with van der Waals surface area (Å²) in [6, 6.07) is 2.54. The van der Waals surface area contributed by atoms with Crippen LogP contribution in [0.25, 0.3) is 0 Å². The van der Waals surface area contributed by atoms with E-state index in [4.69, 9.17) is 5.41 Å². The Bertz CT molecular complexity index is 119. The summed E-state index contributed by atoms with van der Waals surface area (Å²) in [4.78, 5) is 3.90. The summed E-state index contributed by atoms with van der Waals surface area (Å²) in [5, 5.41) is 6.62. The van der Waals surface area contributed by atoms with Crippen molar-refractivity contribution in [1.82, 2.24) is 0 Å². The number of hydrogen-bond donors (Lipinski definition) is 1. The van der Waals surface area contributed by atoms with E-state index >= 15 is 0 Å². The molecule has 0 radical (unpaired) electrons. The van der Waals surface area contributed by atoms with Crippen molar-refractivity contribution in [1.29, 1.82) is 5.41 Å². The van der Waals surface area contributed by atoms with E-state index in [2.05, 4.69) is 11.0 Å². The zero-order chi connectivity index (χ0) is 6.53. The average molecular weight is 140 g/mol. The predicted molar refractivity (Wildman–Crippen MR) is 43.8 cm³/mol. The molecule has 0 spiro atoms. The van der Waals surface area contributed by atoms with Crippen molar-refractivity contribution in [3.8, 4) is 0 Å². The number of aliphatic imine (C=N–C) groups is 1. The van der Waals surface area contributed by atoms with E-state index in [-0.39, 0.29) is 7.43 Å². The minimum atomic E-state index is 0. The Morgan fingerprint density at radius 1 is 1.20 bits per heavy atom. The lowest BCUT2D eigenvalue weighted by Crippen LogP contribution is -2.08. The Hall–Kier alpha value is -0.620. The van der Waals surface area contributed by atoms with Crippen molar-refractivity contribution in [3.05, 3.63) is 0 Å². The molecule has 0 unspecified atom stereocenters. The fourth-order valence-electron chi connectivity index (χ4n) is 1.30. The van der Waals surface area contributed by atoms with Crippen LogP contribution in [0.4, 0.5) is 0 Å². The van der Waals surface area contributed by atoms with Crippen LogP contribution >= 0.6 is 0 Å². The largest absolute Gasteiger partial charge is 0.242 e. The SMILES string of the molecule is C.N=C=NC1CCCCC1. The summed E-state index contributed by atoms with van der Waals surface area (Å²) >= 11 is 0. The normalized spacial score (nSPS) is 18.8. The van der Waals surface area contributed by atoms with Gasteiger partial charge in [0.05, 0.1) is 12.1 Å². The zero-order valence-corrected chi connectivity index (χ0v) is 5.56. The average Bonchev–Trinajstić information content (AvgIpc) is 1.91. The molecule has 0 atom stereocenters. The molecule has 0 aliphatic heterocycles. The Morgan fingerprint density at radius 3 is 2.30 bits per heavy atom. The maximum Gasteiger partial charge on any atom is 0.0864 e. The summed E-state index contributed by atoms with van der Waals surface area (Å²) in [6.45, 7) is 0. The molecule has 1 aliphatic rings. The van der Waals surface area contributed by atoms with Crippen LogP contribution in [0.2, 0.25) is 0 Å². The summed E-state index contributed by atoms with van der Waals surface area (Å²) in [7, 11) is 0. The molecule has 58 valence electrons. The van der Waals surface area contributed by atoms with Gasteiger partial charge in [-0.25, -0.2) is 10.4 Å². The quantitative estimate of drug-likeness (QED) is 0.544. The van der Waals surface area contributed by atoms with E-state index < -0.39 is 0 Å². The highest BCUT2D eigenvalue weighted by atomic mass is 14.8. The lowest BCUT2D eigenvalue weighted by Gasteiger charge is -2.15. The van der Waals surface area contributed by atoms with Crippen molar-refractivity contribution in [3.63, 3.8) is 0 Å². The molecule has 1 fully saturated rings. The molecule has 0 aromatic heterocycles. The minimum absolute atomic E-state index is 0. The Kier molecular flexibility index (Phi) is 4.87. The van der Waals surface area contributed by atoms with Crippen molar-refractivity contribution in [2.45, 2.75) is 45.6 Å². The standard InChI is InChI=1S/C7H12N2.CH4/c8-6-9-7-4-2-1-3-5-7;/h7-8H,1-5H2;1H4. The Balaban J connectivity index is 0.000000810. The van der Waals surface area contributed by atoms with Crippen LogP contribution in [0.15, 0.2) is 4.99 Å². The van der Waals surface area contributed by atoms with Gasteiger partial charge >= 0.3 is 0 Å². The van der Waals surface area contributed by atoms with Gasteiger partial charge in [0.25, 0.3) is 0 Å². The molecule has 2 heteroatoms. The second-order valence-corrected chi connectivity index (χ2v) is 2.53. The molecule has 1 rings (SSSR count). The molecule has 0 amide bonds. The van der Waals surface area contributed by atoms with E-state index in [0.717, 1.165) is 0 Å². The third-order valence-corrected chi connectivity index (χ3v) is 1.82. The second kappa shape index (κ2) is 5.19. The van der Waals surface area contributed by atoms with Crippen molar-refractivity contribution < 1.29 is 0 Å². The fraction of sp³-hybridized carbons (Fsp3) is 0.875. The first-order chi connectivity index (χ1) is 4.43. The third kappa shape index (κ3) is 2.79.